The van der Waals surface area contributed by atoms with E-state index in [1.165, 1.54) is 7.11 Å². The first kappa shape index (κ1) is 22.6. The number of hydrogen-bond donors (Lipinski definition) is 0. The molecular weight excluding hydrogens is 470 g/mol. The van der Waals surface area contributed by atoms with Gasteiger partial charge in [0, 0.05) is 16.7 Å². The average Bonchev–Trinajstić information content (AvgIpc) is 3.28. The minimum absolute atomic E-state index is 0.148. The van der Waals surface area contributed by atoms with Crippen LogP contribution in [0, 0.1) is 0 Å². The molecule has 0 fully saturated rings. The minimum Gasteiger partial charge on any atom is -0.493 e. The van der Waals surface area contributed by atoms with Gasteiger partial charge in [0.2, 0.25) is 11.6 Å². The topological polar surface area (TPSA) is 75.6 Å². The zero-order chi connectivity index (χ0) is 24.5. The summed E-state index contributed by atoms with van der Waals surface area (Å²) in [6.45, 7) is 0. The lowest BCUT2D eigenvalue weighted by Gasteiger charge is -2.22. The predicted octanol–water partition coefficient (Wildman–Crippen LogP) is 5.51. The number of rotatable bonds is 5. The van der Waals surface area contributed by atoms with Crippen LogP contribution in [0.2, 0.25) is 5.02 Å². The van der Waals surface area contributed by atoms with Crippen LogP contribution in [0.15, 0.2) is 77.4 Å². The molecule has 0 radical (unpaired) electrons. The lowest BCUT2D eigenvalue weighted by Crippen LogP contribution is -2.09. The zero-order valence-corrected chi connectivity index (χ0v) is 19.9. The summed E-state index contributed by atoms with van der Waals surface area (Å²) >= 11 is 6.30. The molecule has 0 saturated heterocycles. The maximum Gasteiger partial charge on any atom is 0.364 e. The number of carbonyl (C=O) groups excluding carboxylic acids is 1. The highest BCUT2D eigenvalue weighted by Crippen LogP contribution is 2.44. The Bertz CT molecular complexity index is 1410. The van der Waals surface area contributed by atoms with E-state index in [9.17, 15) is 4.79 Å². The largest absolute Gasteiger partial charge is 0.493 e. The van der Waals surface area contributed by atoms with Gasteiger partial charge in [0.15, 0.2) is 17.2 Å². The number of methoxy groups -OCH3 is 3. The van der Waals surface area contributed by atoms with Crippen molar-refractivity contribution in [3.05, 3.63) is 94.1 Å². The fourth-order valence-electron chi connectivity index (χ4n) is 3.92. The lowest BCUT2D eigenvalue weighted by molar-refractivity contribution is -0.129. The number of benzene rings is 3. The monoisotopic (exact) mass is 489 g/mol. The molecule has 0 bridgehead atoms. The fourth-order valence-corrected chi connectivity index (χ4v) is 4.14. The van der Waals surface area contributed by atoms with E-state index < -0.39 is 5.97 Å². The van der Waals surface area contributed by atoms with Gasteiger partial charge in [-0.2, -0.15) is 0 Å². The molecule has 35 heavy (non-hydrogen) atoms. The van der Waals surface area contributed by atoms with Gasteiger partial charge in [-0.05, 0) is 36.4 Å². The third-order valence-electron chi connectivity index (χ3n) is 5.58. The summed E-state index contributed by atoms with van der Waals surface area (Å²) in [6.07, 6.45) is 1.75. The van der Waals surface area contributed by atoms with Crippen LogP contribution in [-0.4, -0.2) is 33.2 Å². The van der Waals surface area contributed by atoms with Gasteiger partial charge in [0.25, 0.3) is 0 Å². The molecule has 0 saturated carbocycles. The van der Waals surface area contributed by atoms with E-state index in [4.69, 9.17) is 35.3 Å². The van der Waals surface area contributed by atoms with Crippen LogP contribution in [0.4, 0.5) is 0 Å². The van der Waals surface area contributed by atoms with Gasteiger partial charge < -0.3 is 23.7 Å². The first-order chi connectivity index (χ1) is 17.0. The molecule has 0 aliphatic carbocycles. The molecule has 3 aromatic carbocycles. The summed E-state index contributed by atoms with van der Waals surface area (Å²) in [5.74, 6) is 2.01. The SMILES string of the molecule is COc1cc(C2=C/C(=C3/N=C(c4ccccc4Cl)OC3=O)c3ccccc3O2)cc(OC)c1OC. The molecule has 5 rings (SSSR count). The Morgan fingerprint density at radius 1 is 0.829 bits per heavy atom. The quantitative estimate of drug-likeness (QED) is 0.347. The summed E-state index contributed by atoms with van der Waals surface area (Å²) in [4.78, 5) is 17.5. The van der Waals surface area contributed by atoms with Crippen LogP contribution in [0.3, 0.4) is 0 Å². The van der Waals surface area contributed by atoms with Crippen molar-refractivity contribution in [3.8, 4) is 23.0 Å². The summed E-state index contributed by atoms with van der Waals surface area (Å²) in [7, 11) is 4.62. The summed E-state index contributed by atoms with van der Waals surface area (Å²) in [6, 6.07) is 18.0. The number of allylic oxidation sites excluding steroid dienone is 2. The summed E-state index contributed by atoms with van der Waals surface area (Å²) < 4.78 is 28.1. The number of cyclic esters (lactones) is 1. The molecule has 2 heterocycles. The van der Waals surface area contributed by atoms with Crippen LogP contribution >= 0.6 is 11.6 Å². The third-order valence-corrected chi connectivity index (χ3v) is 5.91. The number of hydrogen-bond acceptors (Lipinski definition) is 7. The Morgan fingerprint density at radius 2 is 1.49 bits per heavy atom. The number of fused-ring (bicyclic) bond motifs is 1. The Kier molecular flexibility index (Phi) is 5.93. The number of esters is 1. The van der Waals surface area contributed by atoms with Gasteiger partial charge in [-0.15, -0.1) is 0 Å². The molecular formula is C27H20ClNO6. The molecule has 2 aliphatic heterocycles. The highest BCUT2D eigenvalue weighted by Gasteiger charge is 2.31. The van der Waals surface area contributed by atoms with E-state index in [2.05, 4.69) is 4.99 Å². The fraction of sp³-hybridized carbons (Fsp3) is 0.111. The standard InChI is InChI=1S/C27H20ClNO6/c1-31-22-12-15(13-23(32-2)25(22)33-3)21-14-18(16-8-5-7-11-20(16)34-21)24-27(30)35-26(29-24)17-9-4-6-10-19(17)28/h4-14H,1-3H3/b24-18-. The van der Waals surface area contributed by atoms with Gasteiger partial charge in [0.05, 0.1) is 31.9 Å². The van der Waals surface area contributed by atoms with Crippen molar-refractivity contribution in [1.29, 1.82) is 0 Å². The molecule has 0 N–H and O–H groups in total. The van der Waals surface area contributed by atoms with Crippen LogP contribution in [0.25, 0.3) is 11.3 Å². The number of para-hydroxylation sites is 1. The van der Waals surface area contributed by atoms with Gasteiger partial charge in [-0.25, -0.2) is 9.79 Å². The molecule has 176 valence electrons. The Labute approximate surface area is 206 Å². The van der Waals surface area contributed by atoms with Crippen LogP contribution in [0.5, 0.6) is 23.0 Å². The van der Waals surface area contributed by atoms with Crippen molar-refractivity contribution in [2.45, 2.75) is 0 Å². The lowest BCUT2D eigenvalue weighted by atomic mass is 9.97. The first-order valence-corrected chi connectivity index (χ1v) is 11.0. The normalized spacial score (nSPS) is 16.5. The predicted molar refractivity (Wildman–Crippen MR) is 132 cm³/mol. The molecule has 2 aliphatic rings. The van der Waals surface area contributed by atoms with Crippen molar-refractivity contribution in [3.63, 3.8) is 0 Å². The van der Waals surface area contributed by atoms with E-state index >= 15 is 0 Å². The molecule has 3 aromatic rings. The summed E-state index contributed by atoms with van der Waals surface area (Å²) in [5, 5.41) is 0.436. The molecule has 0 aromatic heterocycles. The van der Waals surface area contributed by atoms with Crippen LogP contribution in [0.1, 0.15) is 16.7 Å². The second-order valence-corrected chi connectivity index (χ2v) is 7.98. The molecule has 8 heteroatoms. The molecule has 0 amide bonds. The van der Waals surface area contributed by atoms with Crippen molar-refractivity contribution < 1.29 is 28.5 Å². The van der Waals surface area contributed by atoms with E-state index in [1.54, 1.807) is 56.7 Å². The maximum atomic E-state index is 12.9. The molecule has 0 atom stereocenters. The number of halogens is 1. The molecule has 7 nitrogen and oxygen atoms in total. The summed E-state index contributed by atoms with van der Waals surface area (Å²) in [5.41, 5.74) is 2.61. The van der Waals surface area contributed by atoms with E-state index in [1.807, 2.05) is 24.3 Å². The number of ether oxygens (including phenoxy) is 5. The van der Waals surface area contributed by atoms with Gasteiger partial charge >= 0.3 is 5.97 Å². The second-order valence-electron chi connectivity index (χ2n) is 7.57. The van der Waals surface area contributed by atoms with Crippen molar-refractivity contribution in [1.82, 2.24) is 0 Å². The van der Waals surface area contributed by atoms with Gasteiger partial charge in [-0.1, -0.05) is 41.9 Å². The van der Waals surface area contributed by atoms with Crippen molar-refractivity contribution >= 4 is 34.8 Å². The van der Waals surface area contributed by atoms with E-state index in [-0.39, 0.29) is 11.6 Å². The zero-order valence-electron chi connectivity index (χ0n) is 19.1. The van der Waals surface area contributed by atoms with Gasteiger partial charge in [0.1, 0.15) is 11.5 Å². The Hall–Kier alpha value is -4.23. The van der Waals surface area contributed by atoms with Crippen LogP contribution < -0.4 is 18.9 Å². The first-order valence-electron chi connectivity index (χ1n) is 10.6. The number of aliphatic imine (C=N–C) groups is 1. The average molecular weight is 490 g/mol. The van der Waals surface area contributed by atoms with E-state index in [0.29, 0.717) is 56.0 Å². The van der Waals surface area contributed by atoms with Gasteiger partial charge in [-0.3, -0.25) is 0 Å². The third kappa shape index (κ3) is 4.00. The van der Waals surface area contributed by atoms with Crippen LogP contribution in [-0.2, 0) is 9.53 Å². The minimum atomic E-state index is -0.577. The smallest absolute Gasteiger partial charge is 0.364 e. The highest BCUT2D eigenvalue weighted by molar-refractivity contribution is 6.34. The highest BCUT2D eigenvalue weighted by atomic mass is 35.5. The Morgan fingerprint density at radius 3 is 2.14 bits per heavy atom. The molecule has 0 spiro atoms. The second kappa shape index (κ2) is 9.19. The van der Waals surface area contributed by atoms with Crippen molar-refractivity contribution in [2.24, 2.45) is 4.99 Å². The van der Waals surface area contributed by atoms with E-state index in [0.717, 1.165) is 0 Å². The van der Waals surface area contributed by atoms with Crippen molar-refractivity contribution in [2.75, 3.05) is 21.3 Å². The maximum absolute atomic E-state index is 12.9. The molecule has 0 unspecified atom stereocenters. The Balaban J connectivity index is 1.69. The number of nitrogens with zero attached hydrogens (tertiary/aromatic N) is 1. The number of carbonyl (C=O) groups is 1.